The fourth-order valence-corrected chi connectivity index (χ4v) is 0.999. The van der Waals surface area contributed by atoms with E-state index in [1.165, 1.54) is 0 Å². The summed E-state index contributed by atoms with van der Waals surface area (Å²) in [5.41, 5.74) is 0. The van der Waals surface area contributed by atoms with E-state index in [9.17, 15) is 0 Å². The van der Waals surface area contributed by atoms with Crippen molar-refractivity contribution in [3.63, 3.8) is 0 Å². The maximum absolute atomic E-state index is 5.66. The molecule has 0 saturated carbocycles. The zero-order chi connectivity index (χ0) is 8.54. The van der Waals surface area contributed by atoms with Crippen molar-refractivity contribution < 1.29 is 14.5 Å². The second-order valence-electron chi connectivity index (χ2n) is 2.33. The van der Waals surface area contributed by atoms with E-state index in [1.54, 1.807) is 6.92 Å². The molecule has 1 aliphatic heterocycles. The van der Waals surface area contributed by atoms with Crippen molar-refractivity contribution in [3.8, 4) is 0 Å². The lowest BCUT2D eigenvalue weighted by Crippen LogP contribution is -2.33. The zero-order valence-electron chi connectivity index (χ0n) is 5.77. The van der Waals surface area contributed by atoms with Crippen molar-refractivity contribution in [2.75, 3.05) is 11.8 Å². The van der Waals surface area contributed by atoms with Crippen LogP contribution in [0.15, 0.2) is 0 Å². The minimum absolute atomic E-state index is 0.0268. The largest absolute Gasteiger partial charge is 0.298 e. The average Bonchev–Trinajstić information content (AvgIpc) is 2.30. The van der Waals surface area contributed by atoms with E-state index in [0.717, 1.165) is 0 Å². The van der Waals surface area contributed by atoms with Gasteiger partial charge in [-0.3, -0.25) is 4.74 Å². The Morgan fingerprint density at radius 2 is 1.82 bits per heavy atom. The number of rotatable bonds is 2. The van der Waals surface area contributed by atoms with Gasteiger partial charge in [0.05, 0.1) is 11.8 Å². The summed E-state index contributed by atoms with van der Waals surface area (Å²) >= 11 is 16.6. The molecule has 0 amide bonds. The predicted molar refractivity (Wildman–Crippen MR) is 41.7 cm³/mol. The quantitative estimate of drug-likeness (QED) is 0.528. The Labute approximate surface area is 79.4 Å². The molecule has 1 heterocycles. The first-order valence-corrected chi connectivity index (χ1v) is 4.36. The molecule has 1 rings (SSSR count). The summed E-state index contributed by atoms with van der Waals surface area (Å²) in [6.45, 7) is 1.61. The topological polar surface area (TPSA) is 27.7 Å². The first-order valence-electron chi connectivity index (χ1n) is 2.91. The molecule has 1 aliphatic rings. The predicted octanol–water partition coefficient (Wildman–Crippen LogP) is 2.05. The van der Waals surface area contributed by atoms with Crippen LogP contribution < -0.4 is 0 Å². The minimum Gasteiger partial charge on any atom is -0.298 e. The summed E-state index contributed by atoms with van der Waals surface area (Å²) < 4.78 is 5.09. The number of ether oxygens (including phenoxy) is 1. The molecule has 11 heavy (non-hydrogen) atoms. The van der Waals surface area contributed by atoms with Crippen LogP contribution in [-0.4, -0.2) is 22.8 Å². The molecule has 0 aromatic rings. The van der Waals surface area contributed by atoms with Gasteiger partial charge in [-0.25, -0.2) is 0 Å². The molecule has 6 heteroatoms. The summed E-state index contributed by atoms with van der Waals surface area (Å²) in [5.74, 6) is -0.905. The number of halogens is 3. The monoisotopic (exact) mass is 220 g/mol. The summed E-state index contributed by atoms with van der Waals surface area (Å²) in [6, 6.07) is 0. The molecule has 3 nitrogen and oxygen atoms in total. The molecule has 0 aromatic carbocycles. The van der Waals surface area contributed by atoms with Crippen molar-refractivity contribution in [2.45, 2.75) is 18.0 Å². The molecule has 0 bridgehead atoms. The van der Waals surface area contributed by atoms with Crippen molar-refractivity contribution in [3.05, 3.63) is 0 Å². The van der Waals surface area contributed by atoms with E-state index in [4.69, 9.17) is 44.4 Å². The molecule has 2 atom stereocenters. The van der Waals surface area contributed by atoms with Gasteiger partial charge in [-0.05, 0) is 6.92 Å². The second-order valence-corrected chi connectivity index (χ2v) is 3.44. The van der Waals surface area contributed by atoms with Crippen LogP contribution in [0.2, 0.25) is 0 Å². The van der Waals surface area contributed by atoms with Crippen LogP contribution in [0, 0.1) is 0 Å². The smallest absolute Gasteiger partial charge is 0.294 e. The number of hydrogen-bond acceptors (Lipinski definition) is 3. The summed E-state index contributed by atoms with van der Waals surface area (Å²) in [4.78, 5) is 9.35. The van der Waals surface area contributed by atoms with Crippen LogP contribution >= 0.6 is 34.8 Å². The highest BCUT2D eigenvalue weighted by atomic mass is 35.5. The van der Waals surface area contributed by atoms with Crippen LogP contribution in [0.1, 0.15) is 6.92 Å². The van der Waals surface area contributed by atoms with E-state index in [1.807, 2.05) is 0 Å². The molecule has 0 aromatic heterocycles. The third-order valence-electron chi connectivity index (χ3n) is 1.11. The zero-order valence-corrected chi connectivity index (χ0v) is 8.04. The lowest BCUT2D eigenvalue weighted by Gasteiger charge is -2.17. The van der Waals surface area contributed by atoms with Gasteiger partial charge in [-0.1, -0.05) is 11.6 Å². The molecule has 0 aliphatic carbocycles. The molecule has 1 saturated heterocycles. The van der Waals surface area contributed by atoms with Crippen LogP contribution in [0.5, 0.6) is 0 Å². The fourth-order valence-electron chi connectivity index (χ4n) is 0.606. The van der Waals surface area contributed by atoms with Crippen LogP contribution in [0.3, 0.4) is 0 Å². The van der Waals surface area contributed by atoms with Crippen molar-refractivity contribution in [1.82, 2.24) is 0 Å². The Kier molecular flexibility index (Phi) is 2.90. The number of hydrogen-bond donors (Lipinski definition) is 0. The summed E-state index contributed by atoms with van der Waals surface area (Å²) in [6.07, 6.45) is 0. The van der Waals surface area contributed by atoms with E-state index >= 15 is 0 Å². The van der Waals surface area contributed by atoms with Gasteiger partial charge < -0.3 is 0 Å². The van der Waals surface area contributed by atoms with Gasteiger partial charge in [0, 0.05) is 0 Å². The van der Waals surface area contributed by atoms with Gasteiger partial charge in [-0.2, -0.15) is 9.78 Å². The maximum atomic E-state index is 5.66. The SMILES string of the molecule is C[C@]1(CCl)OO[C@@](Cl)(CCl)O1. The minimum atomic E-state index is -1.40. The van der Waals surface area contributed by atoms with Crippen molar-refractivity contribution in [2.24, 2.45) is 0 Å². The molecular formula is C5H7Cl3O3. The van der Waals surface area contributed by atoms with E-state index < -0.39 is 11.0 Å². The lowest BCUT2D eigenvalue weighted by atomic mass is 10.4. The van der Waals surface area contributed by atoms with Gasteiger partial charge >= 0.3 is 0 Å². The van der Waals surface area contributed by atoms with Crippen LogP contribution in [0.4, 0.5) is 0 Å². The highest BCUT2D eigenvalue weighted by molar-refractivity contribution is 6.29. The highest BCUT2D eigenvalue weighted by Crippen LogP contribution is 2.36. The van der Waals surface area contributed by atoms with Crippen molar-refractivity contribution >= 4 is 34.8 Å². The normalized spacial score (nSPS) is 44.7. The molecule has 0 spiro atoms. The van der Waals surface area contributed by atoms with E-state index in [-0.39, 0.29) is 11.8 Å². The first-order chi connectivity index (χ1) is 5.04. The lowest BCUT2D eigenvalue weighted by molar-refractivity contribution is -0.324. The Morgan fingerprint density at radius 3 is 2.09 bits per heavy atom. The molecule has 66 valence electrons. The van der Waals surface area contributed by atoms with E-state index in [0.29, 0.717) is 0 Å². The second kappa shape index (κ2) is 3.24. The van der Waals surface area contributed by atoms with Crippen LogP contribution in [0.25, 0.3) is 0 Å². The molecular weight excluding hydrogens is 214 g/mol. The highest BCUT2D eigenvalue weighted by Gasteiger charge is 2.48. The molecule has 0 radical (unpaired) electrons. The van der Waals surface area contributed by atoms with E-state index in [2.05, 4.69) is 4.89 Å². The first kappa shape index (κ1) is 9.84. The summed E-state index contributed by atoms with van der Waals surface area (Å²) in [7, 11) is 0. The molecule has 0 N–H and O–H groups in total. The van der Waals surface area contributed by atoms with Gasteiger partial charge in [0.2, 0.25) is 5.79 Å². The Hall–Kier alpha value is 0.750. The standard InChI is InChI=1S/C5H7Cl3O3/c1-4(2-6)9-5(8,3-7)11-10-4/h2-3H2,1H3/t4-,5-/m1/s1. The Bertz CT molecular complexity index is 140. The van der Waals surface area contributed by atoms with Gasteiger partial charge in [0.15, 0.2) is 0 Å². The third kappa shape index (κ3) is 2.11. The third-order valence-corrected chi connectivity index (χ3v) is 2.36. The molecule has 0 unspecified atom stereocenters. The Balaban J connectivity index is 2.58. The number of alkyl halides is 3. The molecule has 1 fully saturated rings. The maximum Gasteiger partial charge on any atom is 0.294 e. The van der Waals surface area contributed by atoms with Gasteiger partial charge in [0.1, 0.15) is 0 Å². The average molecular weight is 221 g/mol. The van der Waals surface area contributed by atoms with Gasteiger partial charge in [-0.15, -0.1) is 23.2 Å². The van der Waals surface area contributed by atoms with Crippen molar-refractivity contribution in [1.29, 1.82) is 0 Å². The fraction of sp³-hybridized carbons (Fsp3) is 1.00. The van der Waals surface area contributed by atoms with Crippen LogP contribution in [-0.2, 0) is 14.5 Å². The Morgan fingerprint density at radius 1 is 1.18 bits per heavy atom. The summed E-state index contributed by atoms with van der Waals surface area (Å²) in [5, 5.41) is -1.40. The van der Waals surface area contributed by atoms with Gasteiger partial charge in [0.25, 0.3) is 5.25 Å².